The highest BCUT2D eigenvalue weighted by Gasteiger charge is 2.39. The molecule has 0 spiro atoms. The van der Waals surface area contributed by atoms with Crippen molar-refractivity contribution in [2.45, 2.75) is 25.2 Å². The topological polar surface area (TPSA) is 71.2 Å². The number of fused-ring (bicyclic) bond motifs is 1. The number of hydrogen-bond donors (Lipinski definition) is 1. The van der Waals surface area contributed by atoms with Crippen LogP contribution in [-0.2, 0) is 26.2 Å². The van der Waals surface area contributed by atoms with Crippen LogP contribution < -0.4 is 4.90 Å². The molecule has 1 atom stereocenters. The summed E-state index contributed by atoms with van der Waals surface area (Å²) in [5.74, 6) is 0.0911. The number of nitrogens with zero attached hydrogens (tertiary/aromatic N) is 4. The van der Waals surface area contributed by atoms with Crippen molar-refractivity contribution in [2.24, 2.45) is 7.05 Å². The predicted molar refractivity (Wildman–Crippen MR) is 98.1 cm³/mol. The summed E-state index contributed by atoms with van der Waals surface area (Å²) in [5.41, 5.74) is 0.170. The molecule has 1 unspecified atom stereocenters. The van der Waals surface area contributed by atoms with E-state index in [0.717, 1.165) is 6.07 Å². The predicted octanol–water partition coefficient (Wildman–Crippen LogP) is 3.27. The molecule has 6 nitrogen and oxygen atoms in total. The van der Waals surface area contributed by atoms with Crippen molar-refractivity contribution >= 4 is 11.6 Å². The van der Waals surface area contributed by atoms with E-state index in [0.29, 0.717) is 17.1 Å². The van der Waals surface area contributed by atoms with Crippen LogP contribution in [-0.4, -0.2) is 25.8 Å². The van der Waals surface area contributed by atoms with E-state index >= 15 is 0 Å². The van der Waals surface area contributed by atoms with Crippen molar-refractivity contribution in [3.05, 3.63) is 76.9 Å². The summed E-state index contributed by atoms with van der Waals surface area (Å²) in [5, 5.41) is 18.2. The number of alkyl halides is 3. The molecular weight excluding hydrogens is 385 g/mol. The van der Waals surface area contributed by atoms with Gasteiger partial charge >= 0.3 is 6.18 Å². The van der Waals surface area contributed by atoms with E-state index in [1.54, 1.807) is 35.9 Å². The van der Waals surface area contributed by atoms with Gasteiger partial charge in [0.15, 0.2) is 0 Å². The number of anilines is 1. The molecule has 3 aromatic rings. The van der Waals surface area contributed by atoms with E-state index in [4.69, 9.17) is 0 Å². The van der Waals surface area contributed by atoms with E-state index in [2.05, 4.69) is 10.2 Å². The van der Waals surface area contributed by atoms with Crippen molar-refractivity contribution in [2.75, 3.05) is 4.90 Å². The highest BCUT2D eigenvalue weighted by atomic mass is 19.4. The highest BCUT2D eigenvalue weighted by molar-refractivity contribution is 6.10. The lowest BCUT2D eigenvalue weighted by Gasteiger charge is -2.19. The number of aliphatic hydroxyl groups is 1. The van der Waals surface area contributed by atoms with Gasteiger partial charge in [-0.15, -0.1) is 10.2 Å². The molecule has 1 N–H and O–H groups in total. The van der Waals surface area contributed by atoms with Gasteiger partial charge in [-0.3, -0.25) is 4.79 Å². The van der Waals surface area contributed by atoms with Crippen LogP contribution in [0.1, 0.15) is 39.0 Å². The summed E-state index contributed by atoms with van der Waals surface area (Å²) in [6.07, 6.45) is -3.69. The van der Waals surface area contributed by atoms with Crippen molar-refractivity contribution in [1.29, 1.82) is 0 Å². The van der Waals surface area contributed by atoms with E-state index in [9.17, 15) is 23.1 Å². The average molecular weight is 402 g/mol. The number of amides is 1. The Kier molecular flexibility index (Phi) is 4.62. The first-order valence-corrected chi connectivity index (χ1v) is 8.87. The van der Waals surface area contributed by atoms with E-state index in [1.807, 2.05) is 0 Å². The Labute approximate surface area is 164 Å². The van der Waals surface area contributed by atoms with Gasteiger partial charge < -0.3 is 14.6 Å². The van der Waals surface area contributed by atoms with Crippen LogP contribution in [0.15, 0.2) is 48.8 Å². The number of benzene rings is 2. The molecule has 1 aromatic heterocycles. The number of rotatable bonds is 4. The van der Waals surface area contributed by atoms with Gasteiger partial charge in [-0.25, -0.2) is 0 Å². The Morgan fingerprint density at radius 2 is 1.97 bits per heavy atom. The van der Waals surface area contributed by atoms with Crippen LogP contribution in [0.25, 0.3) is 0 Å². The fraction of sp³-hybridized carbons (Fsp3) is 0.250. The van der Waals surface area contributed by atoms with E-state index in [1.165, 1.54) is 23.4 Å². The average Bonchev–Trinajstić information content (AvgIpc) is 3.24. The maximum Gasteiger partial charge on any atom is 0.416 e. The third-order valence-corrected chi connectivity index (χ3v) is 5.02. The molecule has 0 saturated carbocycles. The minimum atomic E-state index is -4.53. The summed E-state index contributed by atoms with van der Waals surface area (Å²) in [6, 6.07) is 10.2. The Balaban J connectivity index is 1.62. The third-order valence-electron chi connectivity index (χ3n) is 5.02. The van der Waals surface area contributed by atoms with Crippen molar-refractivity contribution in [3.63, 3.8) is 0 Å². The Bertz CT molecular complexity index is 1080. The summed E-state index contributed by atoms with van der Waals surface area (Å²) < 4.78 is 41.6. The van der Waals surface area contributed by atoms with Crippen molar-refractivity contribution in [3.8, 4) is 0 Å². The normalized spacial score (nSPS) is 14.9. The Hall–Kier alpha value is -3.20. The monoisotopic (exact) mass is 402 g/mol. The van der Waals surface area contributed by atoms with Gasteiger partial charge in [0, 0.05) is 24.7 Å². The van der Waals surface area contributed by atoms with Crippen LogP contribution in [0.2, 0.25) is 0 Å². The first kappa shape index (κ1) is 19.1. The summed E-state index contributed by atoms with van der Waals surface area (Å²) in [4.78, 5) is 14.0. The number of carbonyl (C=O) groups excluding carboxylic acids is 1. The highest BCUT2D eigenvalue weighted by Crippen LogP contribution is 2.38. The molecule has 1 aliphatic rings. The van der Waals surface area contributed by atoms with Crippen molar-refractivity contribution in [1.82, 2.24) is 14.8 Å². The maximum absolute atomic E-state index is 13.3. The molecule has 0 radical (unpaired) electrons. The quantitative estimate of drug-likeness (QED) is 0.727. The first-order chi connectivity index (χ1) is 13.8. The molecular formula is C20H17F3N4O2. The molecule has 0 saturated heterocycles. The molecule has 0 bridgehead atoms. The first-order valence-electron chi connectivity index (χ1n) is 8.87. The van der Waals surface area contributed by atoms with Crippen molar-refractivity contribution < 1.29 is 23.1 Å². The van der Waals surface area contributed by atoms with Gasteiger partial charge in [-0.1, -0.05) is 18.2 Å². The number of carbonyl (C=O) groups is 1. The largest absolute Gasteiger partial charge is 0.416 e. The van der Waals surface area contributed by atoms with Crippen LogP contribution in [0, 0.1) is 0 Å². The molecule has 4 rings (SSSR count). The number of aryl methyl sites for hydroxylation is 1. The fourth-order valence-corrected chi connectivity index (χ4v) is 3.49. The number of hydrogen-bond acceptors (Lipinski definition) is 4. The zero-order valence-corrected chi connectivity index (χ0v) is 15.4. The smallest absolute Gasteiger partial charge is 0.388 e. The second kappa shape index (κ2) is 7.00. The molecule has 2 aromatic carbocycles. The Morgan fingerprint density at radius 3 is 2.66 bits per heavy atom. The number of halogens is 3. The summed E-state index contributed by atoms with van der Waals surface area (Å²) in [6.45, 7) is -0.174. The zero-order valence-electron chi connectivity index (χ0n) is 15.4. The molecule has 0 fully saturated rings. The second-order valence-electron chi connectivity index (χ2n) is 6.89. The maximum atomic E-state index is 13.3. The van der Waals surface area contributed by atoms with Gasteiger partial charge in [0.2, 0.25) is 0 Å². The lowest BCUT2D eigenvalue weighted by Crippen LogP contribution is -2.23. The number of aromatic nitrogens is 3. The molecule has 29 heavy (non-hydrogen) atoms. The summed E-state index contributed by atoms with van der Waals surface area (Å²) >= 11 is 0. The zero-order chi connectivity index (χ0) is 20.8. The van der Waals surface area contributed by atoms with Crippen LogP contribution in [0.3, 0.4) is 0 Å². The minimum absolute atomic E-state index is 0.0324. The molecule has 1 aliphatic heterocycles. The van der Waals surface area contributed by atoms with Gasteiger partial charge in [0.05, 0.1) is 18.2 Å². The Morgan fingerprint density at radius 1 is 1.21 bits per heavy atom. The number of aliphatic hydroxyl groups excluding tert-OH is 1. The molecule has 2 heterocycles. The van der Waals surface area contributed by atoms with Crippen LogP contribution in [0.4, 0.5) is 18.9 Å². The van der Waals surface area contributed by atoms with Gasteiger partial charge in [0.1, 0.15) is 12.2 Å². The second-order valence-corrected chi connectivity index (χ2v) is 6.89. The third kappa shape index (κ3) is 3.49. The SMILES string of the molecule is Cn1cnnc1CC(O)c1cccc(N2Cc3c(cccc3C(F)(F)F)C2=O)c1. The van der Waals surface area contributed by atoms with Gasteiger partial charge in [-0.05, 0) is 35.4 Å². The van der Waals surface area contributed by atoms with Crippen LogP contribution in [0.5, 0.6) is 0 Å². The molecule has 1 amide bonds. The lowest BCUT2D eigenvalue weighted by atomic mass is 10.0. The van der Waals surface area contributed by atoms with Gasteiger partial charge in [0.25, 0.3) is 5.91 Å². The summed E-state index contributed by atoms with van der Waals surface area (Å²) in [7, 11) is 1.76. The standard InChI is InChI=1S/C20H17F3N4O2/c1-26-11-24-25-18(26)9-17(28)12-4-2-5-13(8-12)27-10-15-14(19(27)29)6-3-7-16(15)20(21,22)23/h2-8,11,17,28H,9-10H2,1H3. The fourth-order valence-electron chi connectivity index (χ4n) is 3.49. The molecule has 9 heteroatoms. The van der Waals surface area contributed by atoms with Crippen LogP contribution >= 0.6 is 0 Å². The van der Waals surface area contributed by atoms with E-state index in [-0.39, 0.29) is 24.1 Å². The minimum Gasteiger partial charge on any atom is -0.388 e. The van der Waals surface area contributed by atoms with Gasteiger partial charge in [-0.2, -0.15) is 13.2 Å². The molecule has 0 aliphatic carbocycles. The lowest BCUT2D eigenvalue weighted by molar-refractivity contribution is -0.138. The van der Waals surface area contributed by atoms with E-state index < -0.39 is 23.8 Å². The molecule has 150 valence electrons.